The lowest BCUT2D eigenvalue weighted by Crippen LogP contribution is -2.13. The molecule has 7 heteroatoms. The number of rotatable bonds is 3. The highest BCUT2D eigenvalue weighted by Gasteiger charge is 2.11. The smallest absolute Gasteiger partial charge is 0.239 e. The van der Waals surface area contributed by atoms with Gasteiger partial charge in [0.05, 0.1) is 16.5 Å². The highest BCUT2D eigenvalue weighted by Crippen LogP contribution is 2.18. The van der Waals surface area contributed by atoms with Gasteiger partial charge in [-0.3, -0.25) is 4.79 Å². The molecule has 0 aliphatic carbocycles. The van der Waals surface area contributed by atoms with Crippen LogP contribution in [0.3, 0.4) is 0 Å². The molecule has 1 aromatic rings. The van der Waals surface area contributed by atoms with Gasteiger partial charge in [0.2, 0.25) is 5.91 Å². The van der Waals surface area contributed by atoms with Crippen molar-refractivity contribution in [2.24, 2.45) is 0 Å². The van der Waals surface area contributed by atoms with Gasteiger partial charge in [-0.1, -0.05) is 0 Å². The third-order valence-corrected chi connectivity index (χ3v) is 3.20. The highest BCUT2D eigenvalue weighted by molar-refractivity contribution is 7.90. The number of nitrogens with one attached hydrogen (secondary N) is 1. The maximum Gasteiger partial charge on any atom is 0.239 e. The predicted molar refractivity (Wildman–Crippen MR) is 63.6 cm³/mol. The van der Waals surface area contributed by atoms with Crippen LogP contribution in [0.15, 0.2) is 23.1 Å². The molecule has 17 heavy (non-hydrogen) atoms. The van der Waals surface area contributed by atoms with Gasteiger partial charge in [0.25, 0.3) is 0 Å². The summed E-state index contributed by atoms with van der Waals surface area (Å²) >= 11 is 5.31. The Hall–Kier alpha value is -1.58. The van der Waals surface area contributed by atoms with Gasteiger partial charge in [0.15, 0.2) is 9.84 Å². The third-order valence-electron chi connectivity index (χ3n) is 1.87. The van der Waals surface area contributed by atoms with Crippen LogP contribution in [0.2, 0.25) is 0 Å². The number of halogens is 1. The molecule has 1 rings (SSSR count). The largest absolute Gasteiger partial charge is 0.325 e. The van der Waals surface area contributed by atoms with E-state index in [9.17, 15) is 13.2 Å². The summed E-state index contributed by atoms with van der Waals surface area (Å²) in [6, 6.07) is 5.72. The lowest BCUT2D eigenvalue weighted by Gasteiger charge is -2.06. The van der Waals surface area contributed by atoms with Crippen LogP contribution in [-0.2, 0) is 14.6 Å². The predicted octanol–water partition coefficient (Wildman–Crippen LogP) is 1.14. The van der Waals surface area contributed by atoms with Crippen molar-refractivity contribution in [2.45, 2.75) is 4.90 Å². The minimum Gasteiger partial charge on any atom is -0.325 e. The zero-order valence-electron chi connectivity index (χ0n) is 8.90. The van der Waals surface area contributed by atoms with E-state index in [1.807, 2.05) is 6.07 Å². The summed E-state index contributed by atoms with van der Waals surface area (Å²) in [5.41, 5.74) is 0.382. The van der Waals surface area contributed by atoms with Crippen LogP contribution in [0.25, 0.3) is 0 Å². The Kier molecular flexibility index (Phi) is 4.10. The molecule has 0 aromatic heterocycles. The Balaban J connectivity index is 3.25. The zero-order valence-corrected chi connectivity index (χ0v) is 10.5. The van der Waals surface area contributed by atoms with Gasteiger partial charge in [-0.15, -0.1) is 11.6 Å². The molecule has 0 saturated heterocycles. The van der Waals surface area contributed by atoms with Crippen molar-refractivity contribution in [3.63, 3.8) is 0 Å². The standard InChI is InChI=1S/C10H9ClN2O3S/c1-17(15,16)9-3-7(6-12)2-8(4-9)13-10(14)5-11/h2-4H,5H2,1H3,(H,13,14). The van der Waals surface area contributed by atoms with E-state index in [0.717, 1.165) is 6.26 Å². The van der Waals surface area contributed by atoms with Crippen molar-refractivity contribution in [1.29, 1.82) is 5.26 Å². The fourth-order valence-electron chi connectivity index (χ4n) is 1.14. The van der Waals surface area contributed by atoms with Gasteiger partial charge < -0.3 is 5.32 Å². The van der Waals surface area contributed by atoms with Gasteiger partial charge in [0.1, 0.15) is 5.88 Å². The number of amides is 1. The molecule has 0 saturated carbocycles. The fraction of sp³-hybridized carbons (Fsp3) is 0.200. The number of sulfone groups is 1. The third kappa shape index (κ3) is 3.73. The summed E-state index contributed by atoms with van der Waals surface area (Å²) in [6.07, 6.45) is 1.02. The van der Waals surface area contributed by atoms with Gasteiger partial charge in [-0.05, 0) is 18.2 Å². The molecule has 0 bridgehead atoms. The first-order valence-electron chi connectivity index (χ1n) is 4.48. The summed E-state index contributed by atoms with van der Waals surface area (Å²) in [5.74, 6) is -0.716. The minimum absolute atomic E-state index is 0.0265. The first-order valence-corrected chi connectivity index (χ1v) is 6.90. The number of hydrogen-bond acceptors (Lipinski definition) is 4. The Labute approximate surface area is 104 Å². The van der Waals surface area contributed by atoms with Crippen LogP contribution in [0.5, 0.6) is 0 Å². The minimum atomic E-state index is -3.44. The molecule has 0 radical (unpaired) electrons. The number of nitrogens with zero attached hydrogens (tertiary/aromatic N) is 1. The topological polar surface area (TPSA) is 87.0 Å². The van der Waals surface area contributed by atoms with E-state index in [4.69, 9.17) is 16.9 Å². The molecular weight excluding hydrogens is 264 g/mol. The maximum atomic E-state index is 11.4. The van der Waals surface area contributed by atoms with Gasteiger partial charge in [-0.2, -0.15) is 5.26 Å². The zero-order chi connectivity index (χ0) is 13.1. The van der Waals surface area contributed by atoms with Crippen molar-refractivity contribution in [1.82, 2.24) is 0 Å². The number of nitriles is 1. The number of anilines is 1. The number of hydrogen-bond donors (Lipinski definition) is 1. The summed E-state index contributed by atoms with van der Waals surface area (Å²) in [4.78, 5) is 11.0. The molecule has 1 aromatic carbocycles. The van der Waals surface area contributed by atoms with E-state index in [2.05, 4.69) is 5.32 Å². The second-order valence-corrected chi connectivity index (χ2v) is 5.59. The molecule has 0 aliphatic heterocycles. The van der Waals surface area contributed by atoms with Crippen LogP contribution >= 0.6 is 11.6 Å². The molecule has 0 heterocycles. The fourth-order valence-corrected chi connectivity index (χ4v) is 1.89. The summed E-state index contributed by atoms with van der Waals surface area (Å²) < 4.78 is 22.7. The van der Waals surface area contributed by atoms with E-state index in [-0.39, 0.29) is 22.0 Å². The first kappa shape index (κ1) is 13.5. The monoisotopic (exact) mass is 272 g/mol. The lowest BCUT2D eigenvalue weighted by molar-refractivity contribution is -0.113. The average molecular weight is 273 g/mol. The molecule has 0 atom stereocenters. The molecule has 1 amide bonds. The van der Waals surface area contributed by atoms with Crippen molar-refractivity contribution in [3.8, 4) is 6.07 Å². The molecule has 0 spiro atoms. The van der Waals surface area contributed by atoms with Crippen molar-refractivity contribution < 1.29 is 13.2 Å². The van der Waals surface area contributed by atoms with E-state index in [1.165, 1.54) is 18.2 Å². The quantitative estimate of drug-likeness (QED) is 0.836. The second kappa shape index (κ2) is 5.17. The molecule has 90 valence electrons. The van der Waals surface area contributed by atoms with Crippen LogP contribution in [-0.4, -0.2) is 26.5 Å². The molecule has 0 aliphatic rings. The molecule has 5 nitrogen and oxygen atoms in total. The number of alkyl halides is 1. The molecular formula is C10H9ClN2O3S. The first-order chi connectivity index (χ1) is 7.86. The van der Waals surface area contributed by atoms with E-state index in [1.54, 1.807) is 0 Å². The molecule has 1 N–H and O–H groups in total. The molecule has 0 unspecified atom stereocenters. The van der Waals surface area contributed by atoms with E-state index in [0.29, 0.717) is 0 Å². The van der Waals surface area contributed by atoms with Crippen molar-refractivity contribution in [3.05, 3.63) is 23.8 Å². The Morgan fingerprint density at radius 1 is 1.47 bits per heavy atom. The summed E-state index contributed by atoms with van der Waals surface area (Å²) in [6.45, 7) is 0. The Morgan fingerprint density at radius 2 is 2.12 bits per heavy atom. The second-order valence-electron chi connectivity index (χ2n) is 3.31. The molecule has 0 fully saturated rings. The van der Waals surface area contributed by atoms with Gasteiger partial charge in [-0.25, -0.2) is 8.42 Å². The summed E-state index contributed by atoms with van der Waals surface area (Å²) in [5, 5.41) is 11.2. The van der Waals surface area contributed by atoms with Crippen molar-refractivity contribution >= 4 is 33.0 Å². The number of carbonyl (C=O) groups is 1. The Bertz CT molecular complexity index is 590. The van der Waals surface area contributed by atoms with Crippen molar-refractivity contribution in [2.75, 3.05) is 17.5 Å². The summed E-state index contributed by atoms with van der Waals surface area (Å²) in [7, 11) is -3.44. The normalized spacial score (nSPS) is 10.6. The maximum absolute atomic E-state index is 11.4. The average Bonchev–Trinajstić information content (AvgIpc) is 2.27. The van der Waals surface area contributed by atoms with E-state index < -0.39 is 15.7 Å². The van der Waals surface area contributed by atoms with E-state index >= 15 is 0 Å². The van der Waals surface area contributed by atoms with Crippen LogP contribution < -0.4 is 5.32 Å². The SMILES string of the molecule is CS(=O)(=O)c1cc(C#N)cc(NC(=O)CCl)c1. The van der Waals surface area contributed by atoms with Gasteiger partial charge >= 0.3 is 0 Å². The van der Waals surface area contributed by atoms with Crippen LogP contribution in [0.4, 0.5) is 5.69 Å². The number of carbonyl (C=O) groups excluding carboxylic acids is 1. The van der Waals surface area contributed by atoms with Gasteiger partial charge in [0, 0.05) is 11.9 Å². The van der Waals surface area contributed by atoms with Crippen LogP contribution in [0.1, 0.15) is 5.56 Å². The number of benzene rings is 1. The van der Waals surface area contributed by atoms with Crippen LogP contribution in [0, 0.1) is 11.3 Å². The lowest BCUT2D eigenvalue weighted by atomic mass is 10.2. The Morgan fingerprint density at radius 3 is 2.59 bits per heavy atom. The highest BCUT2D eigenvalue weighted by atomic mass is 35.5.